The van der Waals surface area contributed by atoms with Crippen molar-refractivity contribution in [1.82, 2.24) is 14.5 Å². The van der Waals surface area contributed by atoms with Crippen LogP contribution in [0.15, 0.2) is 48.0 Å². The Morgan fingerprint density at radius 2 is 2.16 bits per heavy atom. The number of nitrogens with one attached hydrogen (secondary N) is 1. The van der Waals surface area contributed by atoms with Crippen molar-refractivity contribution in [1.29, 1.82) is 0 Å². The first-order valence-electron chi connectivity index (χ1n) is 5.86. The van der Waals surface area contributed by atoms with Crippen LogP contribution in [0.5, 0.6) is 0 Å². The van der Waals surface area contributed by atoms with Crippen molar-refractivity contribution >= 4 is 44.8 Å². The first kappa shape index (κ1) is 10.9. The van der Waals surface area contributed by atoms with Gasteiger partial charge in [0.15, 0.2) is 10.4 Å². The van der Waals surface area contributed by atoms with Gasteiger partial charge in [0, 0.05) is 10.9 Å². The number of imidazole rings is 1. The molecular formula is C14H9N3S2. The van der Waals surface area contributed by atoms with Gasteiger partial charge >= 0.3 is 0 Å². The number of hydrogen-bond acceptors (Lipinski definition) is 3. The molecule has 0 bridgehead atoms. The lowest BCUT2D eigenvalue weighted by atomic mass is 10.2. The molecule has 1 aromatic carbocycles. The molecule has 4 aromatic rings. The average Bonchev–Trinajstić information content (AvgIpc) is 3.00. The maximum Gasteiger partial charge on any atom is 0.183 e. The smallest absolute Gasteiger partial charge is 0.183 e. The van der Waals surface area contributed by atoms with Gasteiger partial charge in [0.2, 0.25) is 0 Å². The summed E-state index contributed by atoms with van der Waals surface area (Å²) in [7, 11) is 0. The molecule has 5 heteroatoms. The Morgan fingerprint density at radius 1 is 1.21 bits per heavy atom. The minimum absolute atomic E-state index is 0.670. The van der Waals surface area contributed by atoms with Gasteiger partial charge < -0.3 is 4.98 Å². The predicted octanol–water partition coefficient (Wildman–Crippen LogP) is 4.30. The fraction of sp³-hybridized carbons (Fsp3) is 0. The Hall–Kier alpha value is -1.98. The van der Waals surface area contributed by atoms with E-state index in [1.807, 2.05) is 16.7 Å². The van der Waals surface area contributed by atoms with E-state index in [2.05, 4.69) is 39.6 Å². The number of benzene rings is 1. The summed E-state index contributed by atoms with van der Waals surface area (Å²) in [6, 6.07) is 12.4. The molecule has 19 heavy (non-hydrogen) atoms. The van der Waals surface area contributed by atoms with E-state index in [0.717, 1.165) is 16.9 Å². The number of thiophene rings is 1. The summed E-state index contributed by atoms with van der Waals surface area (Å²) >= 11 is 7.15. The Bertz CT molecular complexity index is 946. The zero-order valence-electron chi connectivity index (χ0n) is 9.83. The van der Waals surface area contributed by atoms with Crippen molar-refractivity contribution in [2.24, 2.45) is 0 Å². The highest BCUT2D eigenvalue weighted by Crippen LogP contribution is 2.25. The van der Waals surface area contributed by atoms with Crippen molar-refractivity contribution in [3.63, 3.8) is 0 Å². The number of rotatable bonds is 1. The van der Waals surface area contributed by atoms with E-state index < -0.39 is 0 Å². The second-order valence-corrected chi connectivity index (χ2v) is 5.62. The fourth-order valence-corrected chi connectivity index (χ4v) is 3.35. The quantitative estimate of drug-likeness (QED) is 0.528. The standard InChI is InChI=1S/C14H9N3S2/c18-14-16-11-2-1-6-15-13(11)17(14)10-3-4-12-9(8-10)5-7-19-12/h1-8H,(H,16,18). The lowest BCUT2D eigenvalue weighted by Gasteiger charge is -2.03. The lowest BCUT2D eigenvalue weighted by molar-refractivity contribution is 1.05. The molecule has 0 spiro atoms. The van der Waals surface area contributed by atoms with Crippen LogP contribution >= 0.6 is 23.6 Å². The second-order valence-electron chi connectivity index (χ2n) is 4.28. The van der Waals surface area contributed by atoms with Gasteiger partial charge in [-0.15, -0.1) is 11.3 Å². The number of pyridine rings is 1. The van der Waals surface area contributed by atoms with Gasteiger partial charge in [-0.1, -0.05) is 0 Å². The maximum atomic E-state index is 5.41. The number of H-pyrrole nitrogens is 1. The number of aromatic nitrogens is 3. The second kappa shape index (κ2) is 4.01. The molecule has 4 rings (SSSR count). The molecule has 0 aliphatic carbocycles. The van der Waals surface area contributed by atoms with Gasteiger partial charge in [-0.2, -0.15) is 0 Å². The molecule has 0 unspecified atom stereocenters. The minimum atomic E-state index is 0.670. The molecule has 92 valence electrons. The highest BCUT2D eigenvalue weighted by atomic mass is 32.1. The molecule has 3 aromatic heterocycles. The zero-order chi connectivity index (χ0) is 12.8. The SMILES string of the molecule is S=c1[nH]c2cccnc2n1-c1ccc2sccc2c1. The third kappa shape index (κ3) is 1.63. The first-order valence-corrected chi connectivity index (χ1v) is 7.15. The molecule has 3 nitrogen and oxygen atoms in total. The van der Waals surface area contributed by atoms with Crippen LogP contribution in [0.2, 0.25) is 0 Å². The van der Waals surface area contributed by atoms with Crippen LogP contribution < -0.4 is 0 Å². The van der Waals surface area contributed by atoms with Crippen LogP contribution in [0.3, 0.4) is 0 Å². The van der Waals surface area contributed by atoms with Gasteiger partial charge in [-0.25, -0.2) is 4.98 Å². The summed E-state index contributed by atoms with van der Waals surface area (Å²) in [5.41, 5.74) is 2.86. The molecule has 0 saturated carbocycles. The molecule has 0 saturated heterocycles. The van der Waals surface area contributed by atoms with Crippen LogP contribution in [0.25, 0.3) is 26.9 Å². The molecule has 0 amide bonds. The molecule has 1 N–H and O–H groups in total. The maximum absolute atomic E-state index is 5.41. The van der Waals surface area contributed by atoms with Crippen molar-refractivity contribution in [3.8, 4) is 5.69 Å². The number of nitrogens with zero attached hydrogens (tertiary/aromatic N) is 2. The highest BCUT2D eigenvalue weighted by Gasteiger charge is 2.07. The van der Waals surface area contributed by atoms with Crippen molar-refractivity contribution in [3.05, 3.63) is 52.7 Å². The Balaban J connectivity index is 2.08. The van der Waals surface area contributed by atoms with Crippen LogP contribution in [-0.2, 0) is 0 Å². The topological polar surface area (TPSA) is 33.6 Å². The number of fused-ring (bicyclic) bond motifs is 2. The number of hydrogen-bond donors (Lipinski definition) is 1. The molecule has 0 fully saturated rings. The van der Waals surface area contributed by atoms with E-state index in [4.69, 9.17) is 12.2 Å². The van der Waals surface area contributed by atoms with Gasteiger partial charge in [0.05, 0.1) is 11.2 Å². The fourth-order valence-electron chi connectivity index (χ4n) is 2.27. The van der Waals surface area contributed by atoms with E-state index in [0.29, 0.717) is 4.77 Å². The predicted molar refractivity (Wildman–Crippen MR) is 81.6 cm³/mol. The molecule has 0 aliphatic rings. The molecule has 0 aliphatic heterocycles. The summed E-state index contributed by atoms with van der Waals surface area (Å²) in [5, 5.41) is 3.33. The van der Waals surface area contributed by atoms with Crippen LogP contribution in [0, 0.1) is 4.77 Å². The van der Waals surface area contributed by atoms with E-state index in [-0.39, 0.29) is 0 Å². The summed E-state index contributed by atoms with van der Waals surface area (Å²) in [4.78, 5) is 7.60. The van der Waals surface area contributed by atoms with E-state index in [1.54, 1.807) is 17.5 Å². The van der Waals surface area contributed by atoms with Gasteiger partial charge in [-0.05, 0) is 59.4 Å². The molecule has 0 radical (unpaired) electrons. The van der Waals surface area contributed by atoms with E-state index >= 15 is 0 Å². The monoisotopic (exact) mass is 283 g/mol. The van der Waals surface area contributed by atoms with Gasteiger partial charge in [-0.3, -0.25) is 4.57 Å². The van der Waals surface area contributed by atoms with Crippen LogP contribution in [0.4, 0.5) is 0 Å². The molecule has 3 heterocycles. The van der Waals surface area contributed by atoms with Gasteiger partial charge in [0.1, 0.15) is 0 Å². The minimum Gasteiger partial charge on any atom is -0.329 e. The third-order valence-corrected chi connectivity index (χ3v) is 4.32. The molecule has 0 atom stereocenters. The lowest BCUT2D eigenvalue weighted by Crippen LogP contribution is -1.94. The first-order chi connectivity index (χ1) is 9.33. The summed E-state index contributed by atoms with van der Waals surface area (Å²) in [6.45, 7) is 0. The highest BCUT2D eigenvalue weighted by molar-refractivity contribution is 7.71. The molecular weight excluding hydrogens is 274 g/mol. The van der Waals surface area contributed by atoms with Crippen molar-refractivity contribution < 1.29 is 0 Å². The Labute approximate surface area is 118 Å². The summed E-state index contributed by atoms with van der Waals surface area (Å²) in [6.07, 6.45) is 1.78. The Morgan fingerprint density at radius 3 is 3.11 bits per heavy atom. The van der Waals surface area contributed by atoms with E-state index in [1.165, 1.54) is 10.1 Å². The van der Waals surface area contributed by atoms with Crippen molar-refractivity contribution in [2.45, 2.75) is 0 Å². The van der Waals surface area contributed by atoms with Gasteiger partial charge in [0.25, 0.3) is 0 Å². The largest absolute Gasteiger partial charge is 0.329 e. The summed E-state index contributed by atoms with van der Waals surface area (Å²) in [5.74, 6) is 0. The van der Waals surface area contributed by atoms with Crippen molar-refractivity contribution in [2.75, 3.05) is 0 Å². The summed E-state index contributed by atoms with van der Waals surface area (Å²) < 4.78 is 3.92. The van der Waals surface area contributed by atoms with Crippen LogP contribution in [-0.4, -0.2) is 14.5 Å². The third-order valence-electron chi connectivity index (χ3n) is 3.14. The van der Waals surface area contributed by atoms with E-state index in [9.17, 15) is 0 Å². The Kier molecular flexibility index (Phi) is 2.30. The number of aromatic amines is 1. The zero-order valence-corrected chi connectivity index (χ0v) is 11.5. The normalized spacial score (nSPS) is 11.4. The average molecular weight is 283 g/mol. The van der Waals surface area contributed by atoms with Crippen LogP contribution in [0.1, 0.15) is 0 Å².